The molecule has 0 spiro atoms. The van der Waals surface area contributed by atoms with Crippen molar-refractivity contribution in [3.05, 3.63) is 63.7 Å². The number of aromatic nitrogens is 4. The van der Waals surface area contributed by atoms with Gasteiger partial charge in [0.15, 0.2) is 0 Å². The molecule has 1 aliphatic rings. The number of alkyl halides is 6. The van der Waals surface area contributed by atoms with E-state index >= 15 is 0 Å². The van der Waals surface area contributed by atoms with E-state index in [0.29, 0.717) is 25.9 Å². The van der Waals surface area contributed by atoms with Crippen LogP contribution in [0, 0.1) is 0 Å². The average Bonchev–Trinajstić information content (AvgIpc) is 3.59. The summed E-state index contributed by atoms with van der Waals surface area (Å²) in [6, 6.07) is 5.75. The van der Waals surface area contributed by atoms with E-state index in [0.717, 1.165) is 54.6 Å². The fourth-order valence-corrected chi connectivity index (χ4v) is 5.34. The second kappa shape index (κ2) is 13.2. The summed E-state index contributed by atoms with van der Waals surface area (Å²) in [5.74, 6) is -0.210. The number of halogens is 6. The molecule has 4 rings (SSSR count). The lowest BCUT2D eigenvalue weighted by Gasteiger charge is -2.29. The largest absolute Gasteiger partial charge is 0.469 e. The van der Waals surface area contributed by atoms with Gasteiger partial charge in [-0.15, -0.1) is 5.10 Å². The van der Waals surface area contributed by atoms with Gasteiger partial charge in [0.05, 0.1) is 25.3 Å². The first-order valence-corrected chi connectivity index (χ1v) is 14.0. The lowest BCUT2D eigenvalue weighted by Crippen LogP contribution is -2.29. The molecule has 0 unspecified atom stereocenters. The molecular formula is C29H34F6N6O2. The SMILES string of the molecule is CCN(CCCCC(=O)OC)c1cc2c(cc1CN(Cc1cc(C(F)(F)F)cc(C(F)(F)F)c1)c1nnn(C)n1)CCC2. The van der Waals surface area contributed by atoms with Crippen LogP contribution in [0.5, 0.6) is 0 Å². The third-order valence-corrected chi connectivity index (χ3v) is 7.46. The second-order valence-corrected chi connectivity index (χ2v) is 10.6. The number of hydrogen-bond acceptors (Lipinski definition) is 7. The number of carbonyl (C=O) groups excluding carboxylic acids is 1. The zero-order valence-electron chi connectivity index (χ0n) is 24.2. The molecule has 1 aromatic heterocycles. The van der Waals surface area contributed by atoms with Crippen molar-refractivity contribution in [3.8, 4) is 0 Å². The first-order valence-electron chi connectivity index (χ1n) is 14.0. The molecule has 1 heterocycles. The molecule has 1 aliphatic carbocycles. The number of fused-ring (bicyclic) bond motifs is 1. The van der Waals surface area contributed by atoms with Gasteiger partial charge < -0.3 is 14.5 Å². The normalized spacial score (nSPS) is 13.2. The van der Waals surface area contributed by atoms with Gasteiger partial charge in [0, 0.05) is 38.3 Å². The van der Waals surface area contributed by atoms with Gasteiger partial charge in [0.25, 0.3) is 5.95 Å². The molecule has 0 N–H and O–H groups in total. The first-order chi connectivity index (χ1) is 20.3. The van der Waals surface area contributed by atoms with Gasteiger partial charge >= 0.3 is 18.3 Å². The van der Waals surface area contributed by atoms with Gasteiger partial charge in [0.2, 0.25) is 0 Å². The highest BCUT2D eigenvalue weighted by atomic mass is 19.4. The molecule has 8 nitrogen and oxygen atoms in total. The van der Waals surface area contributed by atoms with Crippen LogP contribution >= 0.6 is 0 Å². The highest BCUT2D eigenvalue weighted by Gasteiger charge is 2.37. The van der Waals surface area contributed by atoms with Crippen LogP contribution in [0.3, 0.4) is 0 Å². The van der Waals surface area contributed by atoms with E-state index in [4.69, 9.17) is 4.74 Å². The van der Waals surface area contributed by atoms with Gasteiger partial charge in [0.1, 0.15) is 0 Å². The van der Waals surface area contributed by atoms with E-state index < -0.39 is 23.5 Å². The molecule has 0 fully saturated rings. The molecule has 3 aromatic rings. The standard InChI is InChI=1S/C29H34F6N6O2/c1-4-40(11-6-5-10-26(42)43-3)25-15-21-9-7-8-20(21)14-22(25)18-41(27-36-38-39(2)37-27)17-19-12-23(28(30,31)32)16-24(13-19)29(33,34)35/h12-16H,4-11,17-18H2,1-3H3. The Kier molecular flexibility index (Phi) is 9.86. The lowest BCUT2D eigenvalue weighted by molar-refractivity contribution is -0.143. The van der Waals surface area contributed by atoms with Crippen molar-refractivity contribution in [2.75, 3.05) is 30.0 Å². The lowest BCUT2D eigenvalue weighted by atomic mass is 10.0. The Labute approximate surface area is 245 Å². The number of hydrogen-bond donors (Lipinski definition) is 0. The molecule has 0 radical (unpaired) electrons. The van der Waals surface area contributed by atoms with Crippen LogP contribution in [0.2, 0.25) is 0 Å². The minimum absolute atomic E-state index is 0.0704. The minimum atomic E-state index is -4.96. The van der Waals surface area contributed by atoms with Crippen molar-refractivity contribution in [1.29, 1.82) is 0 Å². The number of aryl methyl sites for hydroxylation is 3. The minimum Gasteiger partial charge on any atom is -0.469 e. The second-order valence-electron chi connectivity index (χ2n) is 10.6. The summed E-state index contributed by atoms with van der Waals surface area (Å²) in [6.07, 6.45) is -5.49. The van der Waals surface area contributed by atoms with Gasteiger partial charge in [-0.05, 0) is 90.8 Å². The van der Waals surface area contributed by atoms with Crippen molar-refractivity contribution >= 4 is 17.6 Å². The number of anilines is 2. The van der Waals surface area contributed by atoms with Crippen LogP contribution in [-0.2, 0) is 54.9 Å². The molecule has 234 valence electrons. The number of benzene rings is 2. The fraction of sp³-hybridized carbons (Fsp3) is 0.517. The van der Waals surface area contributed by atoms with Crippen molar-refractivity contribution < 1.29 is 35.9 Å². The summed E-state index contributed by atoms with van der Waals surface area (Å²) in [6.45, 7) is 3.09. The number of nitrogens with zero attached hydrogens (tertiary/aromatic N) is 6. The monoisotopic (exact) mass is 612 g/mol. The molecule has 0 saturated carbocycles. The van der Waals surface area contributed by atoms with Crippen molar-refractivity contribution in [2.45, 2.75) is 70.9 Å². The van der Waals surface area contributed by atoms with E-state index in [9.17, 15) is 31.1 Å². The third kappa shape index (κ3) is 8.17. The summed E-state index contributed by atoms with van der Waals surface area (Å²) in [7, 11) is 2.87. The zero-order chi connectivity index (χ0) is 31.4. The highest BCUT2D eigenvalue weighted by molar-refractivity contribution is 5.69. The Morgan fingerprint density at radius 2 is 1.58 bits per heavy atom. The maximum absolute atomic E-state index is 13.6. The summed E-state index contributed by atoms with van der Waals surface area (Å²) < 4.78 is 86.3. The number of methoxy groups -OCH3 is 1. The Bertz CT molecular complexity index is 1390. The van der Waals surface area contributed by atoms with Crippen LogP contribution in [0.1, 0.15) is 66.0 Å². The fourth-order valence-electron chi connectivity index (χ4n) is 5.34. The molecule has 0 atom stereocenters. The molecule has 14 heteroatoms. The number of ether oxygens (including phenoxy) is 1. The maximum Gasteiger partial charge on any atom is 0.416 e. The maximum atomic E-state index is 13.6. The van der Waals surface area contributed by atoms with Gasteiger partial charge in [-0.25, -0.2) is 0 Å². The summed E-state index contributed by atoms with van der Waals surface area (Å²) in [5, 5.41) is 12.1. The molecule has 0 amide bonds. The van der Waals surface area contributed by atoms with E-state index in [2.05, 4.69) is 32.4 Å². The Morgan fingerprint density at radius 1 is 0.930 bits per heavy atom. The molecule has 0 aliphatic heterocycles. The van der Waals surface area contributed by atoms with Crippen LogP contribution in [0.4, 0.5) is 38.0 Å². The van der Waals surface area contributed by atoms with E-state index in [1.54, 1.807) is 0 Å². The number of unbranched alkanes of at least 4 members (excludes halogenated alkanes) is 1. The van der Waals surface area contributed by atoms with Crippen molar-refractivity contribution in [2.24, 2.45) is 7.05 Å². The van der Waals surface area contributed by atoms with Gasteiger partial charge in [-0.1, -0.05) is 11.2 Å². The van der Waals surface area contributed by atoms with Crippen LogP contribution in [0.25, 0.3) is 0 Å². The topological polar surface area (TPSA) is 76.4 Å². The molecule has 2 aromatic carbocycles. The third-order valence-electron chi connectivity index (χ3n) is 7.46. The molecule has 0 saturated heterocycles. The Hall–Kier alpha value is -3.84. The molecule has 0 bridgehead atoms. The Balaban J connectivity index is 1.71. The van der Waals surface area contributed by atoms with Crippen molar-refractivity contribution in [3.63, 3.8) is 0 Å². The number of carbonyl (C=O) groups is 1. The molecule has 43 heavy (non-hydrogen) atoms. The predicted octanol–water partition coefficient (Wildman–Crippen LogP) is 6.11. The van der Waals surface area contributed by atoms with Crippen LogP contribution < -0.4 is 9.80 Å². The van der Waals surface area contributed by atoms with Gasteiger partial charge in [-0.3, -0.25) is 4.79 Å². The number of rotatable bonds is 12. The summed E-state index contributed by atoms with van der Waals surface area (Å²) >= 11 is 0. The van der Waals surface area contributed by atoms with E-state index in [-0.39, 0.29) is 36.6 Å². The first kappa shape index (κ1) is 32.1. The van der Waals surface area contributed by atoms with Crippen LogP contribution in [-0.4, -0.2) is 46.4 Å². The van der Waals surface area contributed by atoms with E-state index in [1.165, 1.54) is 29.4 Å². The van der Waals surface area contributed by atoms with Gasteiger partial charge in [-0.2, -0.15) is 31.1 Å². The predicted molar refractivity (Wildman–Crippen MR) is 147 cm³/mol. The number of tetrazole rings is 1. The zero-order valence-corrected chi connectivity index (χ0v) is 24.2. The van der Waals surface area contributed by atoms with Crippen molar-refractivity contribution in [1.82, 2.24) is 20.2 Å². The molecular weight excluding hydrogens is 578 g/mol. The number of esters is 1. The summed E-state index contributed by atoms with van der Waals surface area (Å²) in [4.78, 5) is 16.4. The quantitative estimate of drug-likeness (QED) is 0.139. The van der Waals surface area contributed by atoms with E-state index in [1.807, 2.05) is 6.92 Å². The van der Waals surface area contributed by atoms with Crippen LogP contribution in [0.15, 0.2) is 30.3 Å². The smallest absolute Gasteiger partial charge is 0.416 e. The Morgan fingerprint density at radius 3 is 2.14 bits per heavy atom. The highest BCUT2D eigenvalue weighted by Crippen LogP contribution is 2.37. The average molecular weight is 613 g/mol. The summed E-state index contributed by atoms with van der Waals surface area (Å²) in [5.41, 5.74) is 1.17.